The lowest BCUT2D eigenvalue weighted by Gasteiger charge is -2.26. The van der Waals surface area contributed by atoms with Gasteiger partial charge in [-0.1, -0.05) is 197 Å². The number of esters is 1. The molecule has 0 fully saturated rings. The van der Waals surface area contributed by atoms with E-state index in [1.54, 1.807) is 6.08 Å². The van der Waals surface area contributed by atoms with Crippen molar-refractivity contribution in [2.75, 3.05) is 7.11 Å². The zero-order valence-electron chi connectivity index (χ0n) is 47.8. The van der Waals surface area contributed by atoms with Gasteiger partial charge in [-0.25, -0.2) is 14.8 Å². The van der Waals surface area contributed by atoms with E-state index in [1.807, 2.05) is 12.2 Å². The predicted octanol–water partition coefficient (Wildman–Crippen LogP) is 18.2. The zero-order chi connectivity index (χ0) is 54.1. The van der Waals surface area contributed by atoms with Crippen molar-refractivity contribution in [3.63, 3.8) is 0 Å². The van der Waals surface area contributed by atoms with Gasteiger partial charge in [0, 0.05) is 50.4 Å². The topological polar surface area (TPSA) is 83.7 Å². The third-order valence-corrected chi connectivity index (χ3v) is 14.4. The van der Waals surface area contributed by atoms with E-state index in [0.717, 1.165) is 83.8 Å². The Morgan fingerprint density at radius 1 is 0.419 bits per heavy atom. The third kappa shape index (κ3) is 11.5. The van der Waals surface area contributed by atoms with Crippen LogP contribution in [0.5, 0.6) is 0 Å². The molecule has 2 aliphatic rings. The summed E-state index contributed by atoms with van der Waals surface area (Å²) >= 11 is 0. The first-order chi connectivity index (χ1) is 34.3. The van der Waals surface area contributed by atoms with Crippen LogP contribution < -0.4 is 0 Å². The molecular weight excluding hydrogens is 905 g/mol. The summed E-state index contributed by atoms with van der Waals surface area (Å²) in [5.74, 6) is -0.413. The van der Waals surface area contributed by atoms with E-state index < -0.39 is 5.97 Å². The second-order valence-corrected chi connectivity index (χ2v) is 26.7. The first kappa shape index (κ1) is 53.5. The van der Waals surface area contributed by atoms with Crippen LogP contribution >= 0.6 is 0 Å². The van der Waals surface area contributed by atoms with Gasteiger partial charge < -0.3 is 14.7 Å². The Labute approximate surface area is 442 Å². The van der Waals surface area contributed by atoms with Crippen LogP contribution in [0.3, 0.4) is 0 Å². The maximum Gasteiger partial charge on any atom is 0.330 e. The molecular formula is C68H80N4O2. The van der Waals surface area contributed by atoms with Gasteiger partial charge in [0.2, 0.25) is 0 Å². The summed E-state index contributed by atoms with van der Waals surface area (Å²) in [6, 6.07) is 30.1. The Balaban J connectivity index is 1.62. The molecule has 0 spiro atoms. The van der Waals surface area contributed by atoms with Gasteiger partial charge in [-0.2, -0.15) is 0 Å². The number of rotatable bonds is 6. The minimum Gasteiger partial charge on any atom is -0.466 e. The van der Waals surface area contributed by atoms with Crippen molar-refractivity contribution in [3.8, 4) is 33.4 Å². The van der Waals surface area contributed by atoms with Gasteiger partial charge in [-0.15, -0.1) is 0 Å². The lowest BCUT2D eigenvalue weighted by Crippen LogP contribution is -2.16. The molecule has 6 aromatic rings. The fourth-order valence-corrected chi connectivity index (χ4v) is 9.55. The van der Waals surface area contributed by atoms with E-state index in [4.69, 9.17) is 14.7 Å². The highest BCUT2D eigenvalue weighted by Gasteiger charge is 2.27. The lowest BCUT2D eigenvalue weighted by atomic mass is 9.78. The highest BCUT2D eigenvalue weighted by atomic mass is 16.5. The molecule has 3 aromatic carbocycles. The van der Waals surface area contributed by atoms with Gasteiger partial charge in [0.05, 0.1) is 29.9 Å². The van der Waals surface area contributed by atoms with Crippen LogP contribution in [0.1, 0.15) is 186 Å². The minimum absolute atomic E-state index is 0.0986. The Kier molecular flexibility index (Phi) is 13.9. The molecule has 0 amide bonds. The van der Waals surface area contributed by atoms with E-state index >= 15 is 0 Å². The van der Waals surface area contributed by atoms with Gasteiger partial charge in [0.25, 0.3) is 0 Å². The van der Waals surface area contributed by atoms with Crippen LogP contribution in [0.4, 0.5) is 0 Å². The number of allylic oxidation sites excluding steroid dienone is 2. The van der Waals surface area contributed by atoms with Crippen molar-refractivity contribution >= 4 is 58.4 Å². The first-order valence-corrected chi connectivity index (χ1v) is 26.4. The molecule has 6 heteroatoms. The number of nitrogens with zero attached hydrogens (tertiary/aromatic N) is 2. The summed E-state index contributed by atoms with van der Waals surface area (Å²) in [7, 11) is 1.39. The predicted molar refractivity (Wildman–Crippen MR) is 318 cm³/mol. The van der Waals surface area contributed by atoms with Crippen LogP contribution in [0.2, 0.25) is 0 Å². The summed E-state index contributed by atoms with van der Waals surface area (Å²) in [5, 5.41) is 0. The number of benzene rings is 3. The Morgan fingerprint density at radius 2 is 0.770 bits per heavy atom. The summed E-state index contributed by atoms with van der Waals surface area (Å²) in [6.07, 6.45) is 15.7. The molecule has 2 aliphatic heterocycles. The molecule has 0 unspecified atom stereocenters. The summed E-state index contributed by atoms with van der Waals surface area (Å²) in [6.45, 7) is 41.2. The monoisotopic (exact) mass is 985 g/mol. The van der Waals surface area contributed by atoms with Crippen molar-refractivity contribution in [2.24, 2.45) is 0 Å². The van der Waals surface area contributed by atoms with Crippen molar-refractivity contribution < 1.29 is 9.53 Å². The van der Waals surface area contributed by atoms with Crippen LogP contribution in [-0.4, -0.2) is 33.0 Å². The van der Waals surface area contributed by atoms with Crippen LogP contribution in [0.25, 0.3) is 85.8 Å². The van der Waals surface area contributed by atoms with E-state index in [1.165, 1.54) is 46.6 Å². The van der Waals surface area contributed by atoms with Gasteiger partial charge >= 0.3 is 5.97 Å². The molecule has 8 rings (SSSR count). The number of fused-ring (bicyclic) bond motifs is 8. The number of hydrogen-bond acceptors (Lipinski definition) is 4. The normalized spacial score (nSPS) is 13.7. The number of hydrogen-bond donors (Lipinski definition) is 2. The molecule has 0 saturated heterocycles. The van der Waals surface area contributed by atoms with Crippen molar-refractivity contribution in [1.29, 1.82) is 0 Å². The zero-order valence-corrected chi connectivity index (χ0v) is 47.8. The number of carbonyl (C=O) groups is 1. The number of aromatic nitrogens is 4. The molecule has 74 heavy (non-hydrogen) atoms. The Bertz CT molecular complexity index is 3390. The maximum absolute atomic E-state index is 12.2. The van der Waals surface area contributed by atoms with Crippen LogP contribution in [-0.2, 0) is 42.0 Å². The molecule has 3 aromatic heterocycles. The maximum atomic E-state index is 12.2. The molecule has 0 atom stereocenters. The van der Waals surface area contributed by atoms with E-state index in [-0.39, 0.29) is 32.5 Å². The second-order valence-electron chi connectivity index (χ2n) is 26.7. The average molecular weight is 985 g/mol. The molecule has 6 nitrogen and oxygen atoms in total. The van der Waals surface area contributed by atoms with Gasteiger partial charge in [-0.3, -0.25) is 0 Å². The van der Waals surface area contributed by atoms with Crippen LogP contribution in [0, 0.1) is 0 Å². The average Bonchev–Trinajstić information content (AvgIpc) is 4.13. The van der Waals surface area contributed by atoms with E-state index in [0.29, 0.717) is 0 Å². The molecule has 384 valence electrons. The minimum atomic E-state index is -0.413. The standard InChI is InChI=1S/C68H80N4O2/c1-63(2,3)45-30-42(31-46(37-45)64(4,5)6)60-52-25-24-51(69-52)40-57-41(22-20-21-23-59(73)74-19)36-58(72-57)62(44-34-49(67(13,14)15)39-50(35-44)68(16,17)18)56-29-28-55(71-56)61(54-27-26-53(60)70-54)43-32-47(65(7,8)9)38-48(33-43)66(10,11)12/h20-40,70,72H,1-19H3/b22-20+,23-21+,51-40?,57-40?,60-52?,60-53?,61-54?,61-55?,62-56?,62-58?. The number of nitrogens with one attached hydrogen (secondary N) is 2. The number of H-pyrrole nitrogens is 2. The van der Waals surface area contributed by atoms with Crippen molar-refractivity contribution in [2.45, 2.75) is 157 Å². The molecule has 0 radical (unpaired) electrons. The van der Waals surface area contributed by atoms with Crippen molar-refractivity contribution in [3.05, 3.63) is 159 Å². The molecule has 8 bridgehead atoms. The summed E-state index contributed by atoms with van der Waals surface area (Å²) < 4.78 is 4.92. The Hall–Kier alpha value is -6.79. The molecule has 0 saturated carbocycles. The first-order valence-electron chi connectivity index (χ1n) is 26.4. The summed E-state index contributed by atoms with van der Waals surface area (Å²) in [5.41, 5.74) is 21.3. The molecule has 5 heterocycles. The van der Waals surface area contributed by atoms with Gasteiger partial charge in [0.15, 0.2) is 0 Å². The fourth-order valence-electron chi connectivity index (χ4n) is 9.55. The number of carbonyl (C=O) groups excluding carboxylic acids is 1. The van der Waals surface area contributed by atoms with E-state index in [2.05, 4.69) is 238 Å². The number of methoxy groups -OCH3 is 1. The number of aromatic amines is 2. The smallest absolute Gasteiger partial charge is 0.330 e. The highest BCUT2D eigenvalue weighted by molar-refractivity contribution is 5.99. The molecule has 0 aliphatic carbocycles. The van der Waals surface area contributed by atoms with Crippen molar-refractivity contribution in [1.82, 2.24) is 19.9 Å². The lowest BCUT2D eigenvalue weighted by molar-refractivity contribution is -0.134. The van der Waals surface area contributed by atoms with E-state index in [9.17, 15) is 4.79 Å². The Morgan fingerprint density at radius 3 is 1.15 bits per heavy atom. The van der Waals surface area contributed by atoms with Gasteiger partial charge in [0.1, 0.15) is 0 Å². The van der Waals surface area contributed by atoms with Gasteiger partial charge in [-0.05, 0) is 131 Å². The number of ether oxygens (including phenoxy) is 1. The highest BCUT2D eigenvalue weighted by Crippen LogP contribution is 2.43. The summed E-state index contributed by atoms with van der Waals surface area (Å²) in [4.78, 5) is 31.4. The fraction of sp³-hybridized carbons (Fsp3) is 0.368. The molecule has 2 N–H and O–H groups in total. The third-order valence-electron chi connectivity index (χ3n) is 14.4. The SMILES string of the molecule is COC(=O)/C=C/C=C/c1cc2[nH]c1cc1nc(c(-c3cc(C(C)(C)C)cc(C(C)(C)C)c3)c3ccc([nH]3)c(-c3cc(C(C)(C)C)cc(C(C)(C)C)c3)c3nc(c2-c2cc(C(C)(C)C)cc(C(C)(C)C)c2)C=C3)C=C1. The quantitative estimate of drug-likeness (QED) is 0.0988. The largest absolute Gasteiger partial charge is 0.466 e. The second kappa shape index (κ2) is 19.2. The van der Waals surface area contributed by atoms with Crippen LogP contribution in [0.15, 0.2) is 97.1 Å².